The molecular weight excluding hydrogens is 388 g/mol. The van der Waals surface area contributed by atoms with E-state index >= 15 is 0 Å². The topological polar surface area (TPSA) is 69.6 Å². The van der Waals surface area contributed by atoms with Crippen molar-refractivity contribution in [1.82, 2.24) is 4.90 Å². The summed E-state index contributed by atoms with van der Waals surface area (Å²) in [6.07, 6.45) is -4.22. The number of β-amino-alcohol motifs (C(OH)–C–C–N with tert-alkyl or cyclic N) is 1. The Balaban J connectivity index is 2.39. The largest absolute Gasteiger partial charge is 0.421 e. The van der Waals surface area contributed by atoms with Crippen LogP contribution in [0.4, 0.5) is 23.2 Å². The fourth-order valence-electron chi connectivity index (χ4n) is 1.99. The highest BCUT2D eigenvalue weighted by Crippen LogP contribution is 2.40. The van der Waals surface area contributed by atoms with Crippen LogP contribution in [0.5, 0.6) is 0 Å². The monoisotopic (exact) mass is 396 g/mol. The van der Waals surface area contributed by atoms with Crippen LogP contribution >= 0.6 is 15.9 Å². The standard InChI is InChI=1S/C13H9BrF4N2O3/c14-6-1-2-7(10(11(6)15)13(16,17)18)19-8-5-9(22)20(3-4-21)12(8)23/h1-2,5,19,21H,3-4H2. The molecule has 0 bridgehead atoms. The Morgan fingerprint density at radius 1 is 1.26 bits per heavy atom. The summed E-state index contributed by atoms with van der Waals surface area (Å²) in [7, 11) is 0. The summed E-state index contributed by atoms with van der Waals surface area (Å²) in [6.45, 7) is -0.778. The predicted octanol–water partition coefficient (Wildman–Crippen LogP) is 2.26. The van der Waals surface area contributed by atoms with Gasteiger partial charge in [0.15, 0.2) is 5.82 Å². The summed E-state index contributed by atoms with van der Waals surface area (Å²) in [5, 5.41) is 10.9. The van der Waals surface area contributed by atoms with E-state index in [0.717, 1.165) is 18.2 Å². The molecule has 1 heterocycles. The Hall–Kier alpha value is -1.94. The van der Waals surface area contributed by atoms with Gasteiger partial charge >= 0.3 is 6.18 Å². The third-order valence-electron chi connectivity index (χ3n) is 2.98. The van der Waals surface area contributed by atoms with E-state index in [-0.39, 0.29) is 11.0 Å². The minimum atomic E-state index is -5.01. The second kappa shape index (κ2) is 6.28. The van der Waals surface area contributed by atoms with Crippen LogP contribution in [0.15, 0.2) is 28.4 Å². The van der Waals surface area contributed by atoms with Gasteiger partial charge in [-0.3, -0.25) is 14.5 Å². The van der Waals surface area contributed by atoms with Crippen molar-refractivity contribution in [2.24, 2.45) is 0 Å². The van der Waals surface area contributed by atoms with E-state index in [2.05, 4.69) is 21.2 Å². The average molecular weight is 397 g/mol. The molecule has 0 saturated carbocycles. The van der Waals surface area contributed by atoms with Gasteiger partial charge < -0.3 is 10.4 Å². The number of aliphatic hydroxyl groups is 1. The molecule has 1 aromatic carbocycles. The van der Waals surface area contributed by atoms with Crippen LogP contribution in [0.2, 0.25) is 0 Å². The highest BCUT2D eigenvalue weighted by molar-refractivity contribution is 9.10. The molecule has 0 aromatic heterocycles. The zero-order chi connectivity index (χ0) is 17.4. The summed E-state index contributed by atoms with van der Waals surface area (Å²) in [5.41, 5.74) is -2.72. The number of hydrogen-bond acceptors (Lipinski definition) is 4. The lowest BCUT2D eigenvalue weighted by molar-refractivity contribution is -0.140. The molecule has 0 saturated heterocycles. The zero-order valence-corrected chi connectivity index (χ0v) is 12.8. The van der Waals surface area contributed by atoms with Gasteiger partial charge in [0.05, 0.1) is 23.3 Å². The number of carbonyl (C=O) groups excluding carboxylic acids is 2. The van der Waals surface area contributed by atoms with Crippen LogP contribution in [0.3, 0.4) is 0 Å². The van der Waals surface area contributed by atoms with Crippen LogP contribution in [0.1, 0.15) is 5.56 Å². The van der Waals surface area contributed by atoms with Gasteiger partial charge in [-0.1, -0.05) is 0 Å². The lowest BCUT2D eigenvalue weighted by Gasteiger charge is -2.17. The molecule has 1 aliphatic heterocycles. The summed E-state index contributed by atoms with van der Waals surface area (Å²) in [5.74, 6) is -3.22. The molecule has 5 nitrogen and oxygen atoms in total. The second-order valence-corrected chi connectivity index (χ2v) is 5.34. The van der Waals surface area contributed by atoms with Gasteiger partial charge in [-0.25, -0.2) is 4.39 Å². The smallest absolute Gasteiger partial charge is 0.395 e. The number of amides is 2. The second-order valence-electron chi connectivity index (χ2n) is 4.48. The van der Waals surface area contributed by atoms with Gasteiger partial charge in [0.1, 0.15) is 11.3 Å². The molecule has 0 radical (unpaired) electrons. The first-order chi connectivity index (χ1) is 10.7. The normalized spacial score (nSPS) is 15.2. The van der Waals surface area contributed by atoms with Crippen molar-refractivity contribution in [2.75, 3.05) is 18.5 Å². The maximum Gasteiger partial charge on any atom is 0.421 e. The van der Waals surface area contributed by atoms with Crippen molar-refractivity contribution < 1.29 is 32.3 Å². The molecule has 2 N–H and O–H groups in total. The van der Waals surface area contributed by atoms with Gasteiger partial charge in [0, 0.05) is 6.08 Å². The van der Waals surface area contributed by atoms with Gasteiger partial charge in [0.2, 0.25) is 0 Å². The number of hydrogen-bond donors (Lipinski definition) is 2. The highest BCUT2D eigenvalue weighted by Gasteiger charge is 2.39. The van der Waals surface area contributed by atoms with E-state index in [4.69, 9.17) is 5.11 Å². The number of rotatable bonds is 4. The summed E-state index contributed by atoms with van der Waals surface area (Å²) in [6, 6.07) is 1.98. The Kier molecular flexibility index (Phi) is 4.76. The maximum absolute atomic E-state index is 13.8. The van der Waals surface area contributed by atoms with Crippen molar-refractivity contribution in [3.8, 4) is 0 Å². The van der Waals surface area contributed by atoms with E-state index in [1.54, 1.807) is 0 Å². The minimum absolute atomic E-state index is 0.291. The van der Waals surface area contributed by atoms with Crippen LogP contribution in [0, 0.1) is 5.82 Å². The molecule has 0 spiro atoms. The highest BCUT2D eigenvalue weighted by atomic mass is 79.9. The molecule has 10 heteroatoms. The van der Waals surface area contributed by atoms with E-state index in [9.17, 15) is 27.2 Å². The van der Waals surface area contributed by atoms with Crippen molar-refractivity contribution >= 4 is 33.4 Å². The Morgan fingerprint density at radius 3 is 2.48 bits per heavy atom. The van der Waals surface area contributed by atoms with Crippen LogP contribution in [-0.4, -0.2) is 35.0 Å². The van der Waals surface area contributed by atoms with Gasteiger partial charge in [-0.15, -0.1) is 0 Å². The number of benzene rings is 1. The molecule has 124 valence electrons. The van der Waals surface area contributed by atoms with E-state index in [0.29, 0.717) is 4.90 Å². The molecular formula is C13H9BrF4N2O3. The summed E-state index contributed by atoms with van der Waals surface area (Å²) < 4.78 is 52.4. The van der Waals surface area contributed by atoms with Gasteiger partial charge in [-0.2, -0.15) is 13.2 Å². The molecule has 1 aliphatic rings. The third kappa shape index (κ3) is 3.37. The van der Waals surface area contributed by atoms with E-state index in [1.807, 2.05) is 0 Å². The molecule has 23 heavy (non-hydrogen) atoms. The molecule has 0 unspecified atom stereocenters. The zero-order valence-electron chi connectivity index (χ0n) is 11.2. The fourth-order valence-corrected chi connectivity index (χ4v) is 2.32. The number of anilines is 1. The lowest BCUT2D eigenvalue weighted by atomic mass is 10.1. The molecule has 2 amide bonds. The number of alkyl halides is 3. The summed E-state index contributed by atoms with van der Waals surface area (Å²) in [4.78, 5) is 24.1. The van der Waals surface area contributed by atoms with Crippen molar-refractivity contribution in [1.29, 1.82) is 0 Å². The predicted molar refractivity (Wildman–Crippen MR) is 74.6 cm³/mol. The van der Waals surface area contributed by atoms with E-state index < -0.39 is 47.4 Å². The molecule has 0 fully saturated rings. The molecule has 2 rings (SSSR count). The SMILES string of the molecule is O=C1C=C(Nc2ccc(Br)c(F)c2C(F)(F)F)C(=O)N1CCO. The van der Waals surface area contributed by atoms with Crippen LogP contribution in [0.25, 0.3) is 0 Å². The third-order valence-corrected chi connectivity index (χ3v) is 3.59. The number of halogens is 5. The maximum atomic E-state index is 13.8. The first-order valence-corrected chi connectivity index (χ1v) is 6.96. The molecule has 1 aromatic rings. The van der Waals surface area contributed by atoms with Crippen molar-refractivity contribution in [2.45, 2.75) is 6.18 Å². The number of nitrogens with one attached hydrogen (secondary N) is 1. The van der Waals surface area contributed by atoms with Crippen LogP contribution in [-0.2, 0) is 15.8 Å². The van der Waals surface area contributed by atoms with Crippen LogP contribution < -0.4 is 5.32 Å². The Labute approximate surface area is 135 Å². The Morgan fingerprint density at radius 2 is 1.91 bits per heavy atom. The first-order valence-electron chi connectivity index (χ1n) is 6.17. The molecule has 0 aliphatic carbocycles. The average Bonchev–Trinajstić information content (AvgIpc) is 2.70. The Bertz CT molecular complexity index is 703. The first kappa shape index (κ1) is 17.4. The minimum Gasteiger partial charge on any atom is -0.395 e. The molecule has 0 atom stereocenters. The number of aliphatic hydroxyl groups excluding tert-OH is 1. The van der Waals surface area contributed by atoms with Crippen molar-refractivity contribution in [3.05, 3.63) is 39.8 Å². The quantitative estimate of drug-likeness (QED) is 0.604. The number of carbonyl (C=O) groups is 2. The lowest BCUT2D eigenvalue weighted by Crippen LogP contribution is -2.34. The fraction of sp³-hybridized carbons (Fsp3) is 0.231. The number of nitrogens with zero attached hydrogens (tertiary/aromatic N) is 1. The van der Waals surface area contributed by atoms with Crippen molar-refractivity contribution in [3.63, 3.8) is 0 Å². The summed E-state index contributed by atoms with van der Waals surface area (Å²) >= 11 is 2.66. The van der Waals surface area contributed by atoms with Gasteiger partial charge in [-0.05, 0) is 28.1 Å². The number of imide groups is 1. The van der Waals surface area contributed by atoms with Gasteiger partial charge in [0.25, 0.3) is 11.8 Å². The van der Waals surface area contributed by atoms with E-state index in [1.165, 1.54) is 0 Å².